The Balaban J connectivity index is 1.41. The number of carbonyl (C=O) groups is 2. The van der Waals surface area contributed by atoms with Gasteiger partial charge in [-0.2, -0.15) is 0 Å². The molecule has 4 aromatic rings. The van der Waals surface area contributed by atoms with E-state index in [4.69, 9.17) is 27.9 Å². The third-order valence-corrected chi connectivity index (χ3v) is 7.72. The molecular weight excluding hydrogens is 533 g/mol. The fourth-order valence-electron chi connectivity index (χ4n) is 4.94. The molecule has 2 amide bonds. The van der Waals surface area contributed by atoms with Crippen molar-refractivity contribution < 1.29 is 14.3 Å². The van der Waals surface area contributed by atoms with Crippen LogP contribution in [0.3, 0.4) is 0 Å². The number of piperazine rings is 1. The second-order valence-corrected chi connectivity index (χ2v) is 10.5. The Bertz CT molecular complexity index is 1520. The third kappa shape index (κ3) is 5.40. The third-order valence-electron chi connectivity index (χ3n) is 7.17. The number of rotatable bonds is 5. The first-order valence-electron chi connectivity index (χ1n) is 12.7. The van der Waals surface area contributed by atoms with E-state index in [9.17, 15) is 9.59 Å². The van der Waals surface area contributed by atoms with Crippen LogP contribution in [0.5, 0.6) is 5.75 Å². The predicted molar refractivity (Wildman–Crippen MR) is 155 cm³/mol. The molecule has 0 unspecified atom stereocenters. The Morgan fingerprint density at radius 1 is 0.744 bits per heavy atom. The number of hydrogen-bond donors (Lipinski definition) is 0. The lowest BCUT2D eigenvalue weighted by atomic mass is 10.1. The van der Waals surface area contributed by atoms with Gasteiger partial charge >= 0.3 is 0 Å². The zero-order chi connectivity index (χ0) is 27.7. The van der Waals surface area contributed by atoms with E-state index in [2.05, 4.69) is 35.8 Å². The maximum Gasteiger partial charge on any atom is 0.255 e. The first-order chi connectivity index (χ1) is 18.8. The molecule has 200 valence electrons. The van der Waals surface area contributed by atoms with Gasteiger partial charge in [-0.1, -0.05) is 40.9 Å². The van der Waals surface area contributed by atoms with Gasteiger partial charge in [0.2, 0.25) is 0 Å². The maximum absolute atomic E-state index is 13.8. The Morgan fingerprint density at radius 3 is 1.90 bits per heavy atom. The van der Waals surface area contributed by atoms with Crippen LogP contribution < -0.4 is 4.74 Å². The predicted octanol–water partition coefficient (Wildman–Crippen LogP) is 6.67. The maximum atomic E-state index is 13.8. The molecule has 3 aromatic carbocycles. The van der Waals surface area contributed by atoms with E-state index in [1.54, 1.807) is 30.2 Å². The molecule has 2 heterocycles. The van der Waals surface area contributed by atoms with Crippen LogP contribution in [0.25, 0.3) is 16.9 Å². The summed E-state index contributed by atoms with van der Waals surface area (Å²) in [7, 11) is 1.64. The monoisotopic (exact) mass is 561 g/mol. The average molecular weight is 562 g/mol. The number of benzene rings is 3. The largest absolute Gasteiger partial charge is 0.497 e. The van der Waals surface area contributed by atoms with Crippen molar-refractivity contribution >= 4 is 35.0 Å². The van der Waals surface area contributed by atoms with Crippen molar-refractivity contribution in [2.24, 2.45) is 0 Å². The molecule has 1 aliphatic rings. The summed E-state index contributed by atoms with van der Waals surface area (Å²) >= 11 is 12.2. The standard InChI is InChI=1S/C31H29Cl2N3O3/c1-20-4-9-24(10-5-20)36-21(2)27(19-29(36)22-6-11-25(39-3)12-7-22)31(38)35-16-14-34(15-17-35)30(37)26-13-8-23(32)18-28(26)33/h4-13,18-19H,14-17H2,1-3H3. The highest BCUT2D eigenvalue weighted by Crippen LogP contribution is 2.32. The van der Waals surface area contributed by atoms with Crippen LogP contribution in [0.2, 0.25) is 10.0 Å². The van der Waals surface area contributed by atoms with Gasteiger partial charge < -0.3 is 19.1 Å². The fourth-order valence-corrected chi connectivity index (χ4v) is 5.43. The van der Waals surface area contributed by atoms with Crippen LogP contribution in [0, 0.1) is 13.8 Å². The molecule has 5 rings (SSSR count). The van der Waals surface area contributed by atoms with Crippen molar-refractivity contribution in [1.82, 2.24) is 14.4 Å². The molecule has 0 bridgehead atoms. The van der Waals surface area contributed by atoms with E-state index < -0.39 is 0 Å². The minimum atomic E-state index is -0.160. The van der Waals surface area contributed by atoms with Crippen molar-refractivity contribution in [3.05, 3.63) is 105 Å². The minimum absolute atomic E-state index is 0.0512. The van der Waals surface area contributed by atoms with E-state index in [1.807, 2.05) is 42.2 Å². The average Bonchev–Trinajstić information content (AvgIpc) is 3.29. The van der Waals surface area contributed by atoms with Crippen molar-refractivity contribution in [3.8, 4) is 22.7 Å². The fraction of sp³-hybridized carbons (Fsp3) is 0.226. The SMILES string of the molecule is COc1ccc(-c2cc(C(=O)N3CCN(C(=O)c4ccc(Cl)cc4Cl)CC3)c(C)n2-c2ccc(C)cc2)cc1. The molecular formula is C31H29Cl2N3O3. The van der Waals surface area contributed by atoms with E-state index in [0.717, 1.165) is 34.0 Å². The van der Waals surface area contributed by atoms with Gasteiger partial charge in [-0.3, -0.25) is 9.59 Å². The molecule has 1 aromatic heterocycles. The molecule has 8 heteroatoms. The molecule has 0 saturated carbocycles. The lowest BCUT2D eigenvalue weighted by Crippen LogP contribution is -2.50. The van der Waals surface area contributed by atoms with Gasteiger partial charge in [0, 0.05) is 42.6 Å². The second-order valence-electron chi connectivity index (χ2n) is 9.64. The first kappa shape index (κ1) is 26.9. The van der Waals surface area contributed by atoms with Gasteiger partial charge in [-0.25, -0.2) is 0 Å². The molecule has 0 atom stereocenters. The number of ether oxygens (including phenoxy) is 1. The van der Waals surface area contributed by atoms with Crippen LogP contribution in [-0.2, 0) is 0 Å². The van der Waals surface area contributed by atoms with Gasteiger partial charge in [0.25, 0.3) is 11.8 Å². The Hall–Kier alpha value is -3.74. The Kier molecular flexibility index (Phi) is 7.69. The molecule has 1 fully saturated rings. The molecule has 0 N–H and O–H groups in total. The molecule has 6 nitrogen and oxygen atoms in total. The molecule has 0 aliphatic carbocycles. The second kappa shape index (κ2) is 11.2. The number of aromatic nitrogens is 1. The van der Waals surface area contributed by atoms with Crippen molar-refractivity contribution in [1.29, 1.82) is 0 Å². The van der Waals surface area contributed by atoms with Crippen LogP contribution in [0.4, 0.5) is 0 Å². The van der Waals surface area contributed by atoms with Gasteiger partial charge in [0.1, 0.15) is 5.75 Å². The zero-order valence-corrected chi connectivity index (χ0v) is 23.6. The summed E-state index contributed by atoms with van der Waals surface area (Å²) in [5.74, 6) is 0.560. The van der Waals surface area contributed by atoms with E-state index in [-0.39, 0.29) is 11.8 Å². The number of nitrogens with zero attached hydrogens (tertiary/aromatic N) is 3. The summed E-state index contributed by atoms with van der Waals surface area (Å²) in [6.45, 7) is 5.74. The Labute approximate surface area is 238 Å². The minimum Gasteiger partial charge on any atom is -0.497 e. The number of hydrogen-bond acceptors (Lipinski definition) is 3. The molecule has 1 aliphatic heterocycles. The van der Waals surface area contributed by atoms with Crippen molar-refractivity contribution in [2.75, 3.05) is 33.3 Å². The van der Waals surface area contributed by atoms with Crippen LogP contribution in [0.1, 0.15) is 32.0 Å². The van der Waals surface area contributed by atoms with Gasteiger partial charge in [-0.05, 0) is 80.1 Å². The quantitative estimate of drug-likeness (QED) is 0.273. The van der Waals surface area contributed by atoms with Gasteiger partial charge in [0.05, 0.1) is 29.0 Å². The van der Waals surface area contributed by atoms with Crippen molar-refractivity contribution in [3.63, 3.8) is 0 Å². The van der Waals surface area contributed by atoms with Crippen molar-refractivity contribution in [2.45, 2.75) is 13.8 Å². The number of methoxy groups -OCH3 is 1. The lowest BCUT2D eigenvalue weighted by Gasteiger charge is -2.35. The van der Waals surface area contributed by atoms with Crippen LogP contribution >= 0.6 is 23.2 Å². The summed E-state index contributed by atoms with van der Waals surface area (Å²) in [5, 5.41) is 0.805. The normalized spacial score (nSPS) is 13.5. The zero-order valence-electron chi connectivity index (χ0n) is 22.1. The van der Waals surface area contributed by atoms with Crippen LogP contribution in [0.15, 0.2) is 72.8 Å². The number of carbonyl (C=O) groups excluding carboxylic acids is 2. The van der Waals surface area contributed by atoms with Crippen LogP contribution in [-0.4, -0.2) is 59.5 Å². The first-order valence-corrected chi connectivity index (χ1v) is 13.5. The summed E-state index contributed by atoms with van der Waals surface area (Å²) in [4.78, 5) is 30.4. The highest BCUT2D eigenvalue weighted by Gasteiger charge is 2.29. The number of amides is 2. The highest BCUT2D eigenvalue weighted by molar-refractivity contribution is 6.36. The van der Waals surface area contributed by atoms with E-state index in [0.29, 0.717) is 47.4 Å². The molecule has 1 saturated heterocycles. The molecule has 0 radical (unpaired) electrons. The van der Waals surface area contributed by atoms with Gasteiger partial charge in [0.15, 0.2) is 0 Å². The Morgan fingerprint density at radius 2 is 1.33 bits per heavy atom. The topological polar surface area (TPSA) is 54.8 Å². The number of halogens is 2. The smallest absolute Gasteiger partial charge is 0.255 e. The number of aryl methyl sites for hydroxylation is 1. The lowest BCUT2D eigenvalue weighted by molar-refractivity contribution is 0.0535. The summed E-state index contributed by atoms with van der Waals surface area (Å²) in [6.07, 6.45) is 0. The van der Waals surface area contributed by atoms with E-state index >= 15 is 0 Å². The highest BCUT2D eigenvalue weighted by atomic mass is 35.5. The molecule has 0 spiro atoms. The summed E-state index contributed by atoms with van der Waals surface area (Å²) < 4.78 is 7.46. The van der Waals surface area contributed by atoms with Gasteiger partial charge in [-0.15, -0.1) is 0 Å². The molecule has 39 heavy (non-hydrogen) atoms. The summed E-state index contributed by atoms with van der Waals surface area (Å²) in [6, 6.07) is 22.9. The van der Waals surface area contributed by atoms with E-state index in [1.165, 1.54) is 0 Å². The summed E-state index contributed by atoms with van der Waals surface area (Å²) in [5.41, 5.74) is 5.97.